The minimum atomic E-state index is -1.64. The molecule has 4 unspecified atom stereocenters. The third-order valence-electron chi connectivity index (χ3n) is 7.38. The zero-order valence-corrected chi connectivity index (χ0v) is 27.2. The summed E-state index contributed by atoms with van der Waals surface area (Å²) in [5.74, 6) is -3.11. The standard InChI is InChI=1S/C35H39N3O11/c1-35(2,3)49-34(46)37-26(32(42)43)17-18-47-24-15-11-23(12-16-24)29(39)30(40)36-27-19-38(31(27)41)28(33(44)45)22-9-13-25(14-10-22)48-20-21-7-5-4-6-8-21/h4-16,26-29,39H,17-20H2,1-3H3,(H,36,40)(H,37,46)(H,42,43)(H,44,45). The predicted octanol–water partition coefficient (Wildman–Crippen LogP) is 3.20. The van der Waals surface area contributed by atoms with E-state index in [0.29, 0.717) is 23.7 Å². The molecule has 4 rings (SSSR count). The molecule has 14 nitrogen and oxygen atoms in total. The second-order valence-corrected chi connectivity index (χ2v) is 12.3. The smallest absolute Gasteiger partial charge is 0.408 e. The van der Waals surface area contributed by atoms with E-state index in [9.17, 15) is 39.3 Å². The normalized spacial score (nSPS) is 16.0. The van der Waals surface area contributed by atoms with Crippen LogP contribution < -0.4 is 20.1 Å². The monoisotopic (exact) mass is 677 g/mol. The van der Waals surface area contributed by atoms with Crippen LogP contribution in [0.25, 0.3) is 0 Å². The van der Waals surface area contributed by atoms with Crippen molar-refractivity contribution >= 4 is 29.8 Å². The Balaban J connectivity index is 1.25. The van der Waals surface area contributed by atoms with E-state index in [2.05, 4.69) is 10.6 Å². The van der Waals surface area contributed by atoms with E-state index >= 15 is 0 Å². The summed E-state index contributed by atoms with van der Waals surface area (Å²) >= 11 is 0. The van der Waals surface area contributed by atoms with E-state index in [1.165, 1.54) is 24.3 Å². The fraction of sp³-hybridized carbons (Fsp3) is 0.343. The number of carboxylic acids is 2. The SMILES string of the molecule is CC(C)(C)OC(=O)NC(CCOc1ccc(C(O)C(=O)NC2CN(C(C(=O)O)c3ccc(OCc4ccccc4)cc3)C2=O)cc1)C(=O)O. The Hall–Kier alpha value is -5.63. The number of likely N-dealkylation sites (tertiary alicyclic amines) is 1. The van der Waals surface area contributed by atoms with Gasteiger partial charge in [0.2, 0.25) is 5.91 Å². The molecule has 3 aromatic rings. The number of nitrogens with one attached hydrogen (secondary N) is 2. The minimum absolute atomic E-state index is 0.0645. The quantitative estimate of drug-likeness (QED) is 0.148. The highest BCUT2D eigenvalue weighted by Gasteiger charge is 2.45. The Morgan fingerprint density at radius 3 is 2.00 bits per heavy atom. The van der Waals surface area contributed by atoms with Crippen molar-refractivity contribution in [1.29, 1.82) is 0 Å². The minimum Gasteiger partial charge on any atom is -0.494 e. The maximum Gasteiger partial charge on any atom is 0.408 e. The molecule has 3 aromatic carbocycles. The Bertz CT molecular complexity index is 1620. The highest BCUT2D eigenvalue weighted by Crippen LogP contribution is 2.29. The van der Waals surface area contributed by atoms with E-state index in [-0.39, 0.29) is 25.1 Å². The van der Waals surface area contributed by atoms with Gasteiger partial charge in [0.15, 0.2) is 12.1 Å². The van der Waals surface area contributed by atoms with Crippen molar-refractivity contribution in [3.8, 4) is 11.5 Å². The lowest BCUT2D eigenvalue weighted by Gasteiger charge is -2.42. The molecule has 1 aliphatic heterocycles. The molecule has 0 saturated carbocycles. The molecule has 0 aromatic heterocycles. The number of aliphatic hydroxyl groups excluding tert-OH is 1. The summed E-state index contributed by atoms with van der Waals surface area (Å²) in [5, 5.41) is 34.6. The van der Waals surface area contributed by atoms with Crippen LogP contribution >= 0.6 is 0 Å². The first-order valence-electron chi connectivity index (χ1n) is 15.5. The van der Waals surface area contributed by atoms with E-state index in [4.69, 9.17) is 14.2 Å². The van der Waals surface area contributed by atoms with E-state index in [0.717, 1.165) is 10.5 Å². The molecule has 49 heavy (non-hydrogen) atoms. The van der Waals surface area contributed by atoms with Crippen LogP contribution in [0.4, 0.5) is 4.79 Å². The van der Waals surface area contributed by atoms with E-state index < -0.39 is 59.7 Å². The number of β-lactam (4-membered cyclic amide) rings is 1. The number of alkyl carbamates (subject to hydrolysis) is 1. The van der Waals surface area contributed by atoms with Gasteiger partial charge in [-0.25, -0.2) is 14.4 Å². The van der Waals surface area contributed by atoms with Crippen molar-refractivity contribution in [2.24, 2.45) is 0 Å². The molecule has 0 radical (unpaired) electrons. The van der Waals surface area contributed by atoms with Gasteiger partial charge in [0.05, 0.1) is 13.2 Å². The summed E-state index contributed by atoms with van der Waals surface area (Å²) in [6.07, 6.45) is -2.57. The van der Waals surface area contributed by atoms with Crippen molar-refractivity contribution in [3.63, 3.8) is 0 Å². The summed E-state index contributed by atoms with van der Waals surface area (Å²) < 4.78 is 16.4. The van der Waals surface area contributed by atoms with Gasteiger partial charge >= 0.3 is 18.0 Å². The number of amides is 3. The number of aliphatic carboxylic acids is 2. The summed E-state index contributed by atoms with van der Waals surface area (Å²) in [6, 6.07) is 18.2. The van der Waals surface area contributed by atoms with Crippen molar-refractivity contribution in [2.45, 2.75) is 63.6 Å². The molecule has 0 bridgehead atoms. The number of hydrogen-bond donors (Lipinski definition) is 5. The Morgan fingerprint density at radius 2 is 1.45 bits per heavy atom. The van der Waals surface area contributed by atoms with Crippen LogP contribution in [0.5, 0.6) is 11.5 Å². The molecule has 260 valence electrons. The van der Waals surface area contributed by atoms with Gasteiger partial charge < -0.3 is 45.1 Å². The number of carboxylic acid groups (broad SMARTS) is 2. The summed E-state index contributed by atoms with van der Waals surface area (Å²) in [4.78, 5) is 62.4. The number of hydrogen-bond acceptors (Lipinski definition) is 9. The maximum absolute atomic E-state index is 12.9. The van der Waals surface area contributed by atoms with Crippen molar-refractivity contribution in [2.75, 3.05) is 13.2 Å². The first kappa shape index (κ1) is 36.2. The third kappa shape index (κ3) is 10.2. The number of carbonyl (C=O) groups excluding carboxylic acids is 3. The van der Waals surface area contributed by atoms with Crippen LogP contribution in [0.3, 0.4) is 0 Å². The zero-order chi connectivity index (χ0) is 35.7. The van der Waals surface area contributed by atoms with Crippen LogP contribution in [0.15, 0.2) is 78.9 Å². The first-order valence-corrected chi connectivity index (χ1v) is 15.5. The van der Waals surface area contributed by atoms with Gasteiger partial charge in [-0.15, -0.1) is 0 Å². The second-order valence-electron chi connectivity index (χ2n) is 12.3. The van der Waals surface area contributed by atoms with Gasteiger partial charge in [0.25, 0.3) is 5.91 Å². The van der Waals surface area contributed by atoms with Gasteiger partial charge in [-0.3, -0.25) is 9.59 Å². The molecule has 0 aliphatic carbocycles. The molecule has 5 N–H and O–H groups in total. The van der Waals surface area contributed by atoms with Crippen LogP contribution in [0.1, 0.15) is 56.0 Å². The highest BCUT2D eigenvalue weighted by molar-refractivity contribution is 5.96. The summed E-state index contributed by atoms with van der Waals surface area (Å²) in [7, 11) is 0. The summed E-state index contributed by atoms with van der Waals surface area (Å²) in [5.41, 5.74) is 0.733. The lowest BCUT2D eigenvalue weighted by Crippen LogP contribution is -2.65. The second kappa shape index (κ2) is 16.0. The number of carbonyl (C=O) groups is 5. The van der Waals surface area contributed by atoms with Crippen LogP contribution in [-0.2, 0) is 30.5 Å². The Labute approximate surface area is 282 Å². The average Bonchev–Trinajstić information content (AvgIpc) is 3.06. The molecular weight excluding hydrogens is 638 g/mol. The largest absolute Gasteiger partial charge is 0.494 e. The van der Waals surface area contributed by atoms with Gasteiger partial charge in [0.1, 0.15) is 35.8 Å². The summed E-state index contributed by atoms with van der Waals surface area (Å²) in [6.45, 7) is 5.15. The van der Waals surface area contributed by atoms with Crippen LogP contribution in [0, 0.1) is 0 Å². The number of rotatable bonds is 15. The number of nitrogens with zero attached hydrogens (tertiary/aromatic N) is 1. The molecular formula is C35H39N3O11. The zero-order valence-electron chi connectivity index (χ0n) is 27.2. The van der Waals surface area contributed by atoms with Crippen LogP contribution in [0.2, 0.25) is 0 Å². The Kier molecular flexibility index (Phi) is 11.8. The fourth-order valence-electron chi connectivity index (χ4n) is 4.89. The highest BCUT2D eigenvalue weighted by atomic mass is 16.6. The van der Waals surface area contributed by atoms with E-state index in [1.54, 1.807) is 45.0 Å². The van der Waals surface area contributed by atoms with Crippen molar-refractivity contribution in [1.82, 2.24) is 15.5 Å². The predicted molar refractivity (Wildman–Crippen MR) is 174 cm³/mol. The molecule has 1 saturated heterocycles. The molecule has 1 fully saturated rings. The number of ether oxygens (including phenoxy) is 3. The van der Waals surface area contributed by atoms with Crippen LogP contribution in [-0.4, -0.2) is 80.9 Å². The molecule has 1 heterocycles. The van der Waals surface area contributed by atoms with E-state index in [1.807, 2.05) is 30.3 Å². The topological polar surface area (TPSA) is 201 Å². The molecule has 1 aliphatic rings. The lowest BCUT2D eigenvalue weighted by molar-refractivity contribution is -0.160. The lowest BCUT2D eigenvalue weighted by atomic mass is 9.97. The third-order valence-corrected chi connectivity index (χ3v) is 7.38. The van der Waals surface area contributed by atoms with Crippen molar-refractivity contribution < 1.29 is 53.5 Å². The van der Waals surface area contributed by atoms with Gasteiger partial charge in [-0.05, 0) is 61.7 Å². The average molecular weight is 678 g/mol. The van der Waals surface area contributed by atoms with Crippen molar-refractivity contribution in [3.05, 3.63) is 95.6 Å². The molecule has 3 amide bonds. The number of benzene rings is 3. The van der Waals surface area contributed by atoms with Gasteiger partial charge in [-0.1, -0.05) is 54.6 Å². The van der Waals surface area contributed by atoms with Gasteiger partial charge in [0, 0.05) is 6.42 Å². The number of aliphatic hydroxyl groups is 1. The molecule has 4 atom stereocenters. The Morgan fingerprint density at radius 1 is 0.857 bits per heavy atom. The maximum atomic E-state index is 12.9. The van der Waals surface area contributed by atoms with Gasteiger partial charge in [-0.2, -0.15) is 0 Å². The molecule has 14 heteroatoms. The first-order chi connectivity index (χ1) is 23.2. The molecule has 0 spiro atoms. The fourth-order valence-corrected chi connectivity index (χ4v) is 4.89.